The fourth-order valence-corrected chi connectivity index (χ4v) is 3.50. The Balaban J connectivity index is 2.48. The van der Waals surface area contributed by atoms with E-state index < -0.39 is 9.84 Å². The maximum absolute atomic E-state index is 12.2. The lowest BCUT2D eigenvalue weighted by atomic mass is 10.1. The summed E-state index contributed by atoms with van der Waals surface area (Å²) in [6, 6.07) is 8.41. The quantitative estimate of drug-likeness (QED) is 0.358. The van der Waals surface area contributed by atoms with Gasteiger partial charge in [-0.1, -0.05) is 18.2 Å². The molecule has 0 atom stereocenters. The number of guanidine groups is 1. The summed E-state index contributed by atoms with van der Waals surface area (Å²) in [7, 11) is -3.28. The van der Waals surface area contributed by atoms with Gasteiger partial charge in [0.15, 0.2) is 15.8 Å². The third kappa shape index (κ3) is 8.84. The number of nitrogens with one attached hydrogen (secondary N) is 3. The molecule has 146 valence electrons. The first-order valence-corrected chi connectivity index (χ1v) is 10.4. The molecule has 0 aromatic heterocycles. The van der Waals surface area contributed by atoms with Gasteiger partial charge in [0.2, 0.25) is 5.91 Å². The van der Waals surface area contributed by atoms with Crippen molar-refractivity contribution in [1.82, 2.24) is 16.0 Å². The van der Waals surface area contributed by atoms with Crippen LogP contribution in [0.5, 0.6) is 0 Å². The van der Waals surface area contributed by atoms with Gasteiger partial charge in [-0.3, -0.25) is 4.79 Å². The van der Waals surface area contributed by atoms with Gasteiger partial charge in [-0.2, -0.15) is 0 Å². The van der Waals surface area contributed by atoms with Crippen LogP contribution in [0, 0.1) is 0 Å². The Labute approximate surface area is 156 Å². The summed E-state index contributed by atoms with van der Waals surface area (Å²) in [4.78, 5) is 16.4. The Kier molecular flexibility index (Phi) is 8.57. The van der Waals surface area contributed by atoms with Crippen molar-refractivity contribution in [3.63, 3.8) is 0 Å². The van der Waals surface area contributed by atoms with Crippen LogP contribution < -0.4 is 16.0 Å². The molecule has 0 aliphatic rings. The predicted octanol–water partition coefficient (Wildman–Crippen LogP) is 1.32. The fourth-order valence-electron chi connectivity index (χ4n) is 2.17. The van der Waals surface area contributed by atoms with Crippen LogP contribution in [0.1, 0.15) is 34.1 Å². The molecule has 0 spiro atoms. The van der Waals surface area contributed by atoms with Gasteiger partial charge in [0.25, 0.3) is 0 Å². The smallest absolute Gasteiger partial charge is 0.242 e. The molecule has 26 heavy (non-hydrogen) atoms. The van der Waals surface area contributed by atoms with Gasteiger partial charge in [0, 0.05) is 18.6 Å². The Bertz CT molecular complexity index is 695. The highest BCUT2D eigenvalue weighted by Crippen LogP contribution is 2.10. The average Bonchev–Trinajstić information content (AvgIpc) is 2.55. The van der Waals surface area contributed by atoms with E-state index in [1.165, 1.54) is 0 Å². The van der Waals surface area contributed by atoms with E-state index >= 15 is 0 Å². The molecule has 1 aromatic carbocycles. The van der Waals surface area contributed by atoms with Crippen LogP contribution in [0.3, 0.4) is 0 Å². The highest BCUT2D eigenvalue weighted by molar-refractivity contribution is 7.91. The minimum absolute atomic E-state index is 0.00885. The van der Waals surface area contributed by atoms with Crippen molar-refractivity contribution >= 4 is 21.7 Å². The number of amides is 1. The fraction of sp³-hybridized carbons (Fsp3) is 0.556. The van der Waals surface area contributed by atoms with Crippen LogP contribution in [0.15, 0.2) is 40.2 Å². The molecule has 0 aliphatic heterocycles. The summed E-state index contributed by atoms with van der Waals surface area (Å²) < 4.78 is 24.4. The third-order valence-electron chi connectivity index (χ3n) is 3.22. The molecule has 1 rings (SSSR count). The van der Waals surface area contributed by atoms with Crippen molar-refractivity contribution in [3.05, 3.63) is 30.3 Å². The van der Waals surface area contributed by atoms with Crippen LogP contribution in [-0.4, -0.2) is 51.2 Å². The van der Waals surface area contributed by atoms with E-state index in [2.05, 4.69) is 20.9 Å². The molecule has 1 amide bonds. The Hall–Kier alpha value is -2.09. The van der Waals surface area contributed by atoms with Crippen LogP contribution in [-0.2, 0) is 14.6 Å². The van der Waals surface area contributed by atoms with Crippen molar-refractivity contribution in [1.29, 1.82) is 0 Å². The average molecular weight is 383 g/mol. The highest BCUT2D eigenvalue weighted by Gasteiger charge is 2.14. The Morgan fingerprint density at radius 1 is 1.12 bits per heavy atom. The van der Waals surface area contributed by atoms with E-state index in [9.17, 15) is 13.2 Å². The first-order valence-electron chi connectivity index (χ1n) is 8.75. The number of hydrogen-bond acceptors (Lipinski definition) is 4. The SMILES string of the molecule is CCNC(=NCC(=O)NC(C)(C)C)NCCCS(=O)(=O)c1ccccc1. The number of nitrogens with zero attached hydrogens (tertiary/aromatic N) is 1. The number of carbonyl (C=O) groups excluding carboxylic acids is 1. The summed E-state index contributed by atoms with van der Waals surface area (Å²) in [6.07, 6.45) is 0.440. The molecule has 0 radical (unpaired) electrons. The summed E-state index contributed by atoms with van der Waals surface area (Å²) >= 11 is 0. The lowest BCUT2D eigenvalue weighted by Gasteiger charge is -2.20. The van der Waals surface area contributed by atoms with Gasteiger partial charge < -0.3 is 16.0 Å². The van der Waals surface area contributed by atoms with Crippen LogP contribution in [0.25, 0.3) is 0 Å². The van der Waals surface area contributed by atoms with E-state index in [-0.39, 0.29) is 23.7 Å². The van der Waals surface area contributed by atoms with E-state index in [0.29, 0.717) is 30.4 Å². The van der Waals surface area contributed by atoms with Crippen molar-refractivity contribution in [2.24, 2.45) is 4.99 Å². The first kappa shape index (κ1) is 22.0. The van der Waals surface area contributed by atoms with Gasteiger partial charge in [-0.05, 0) is 46.2 Å². The van der Waals surface area contributed by atoms with E-state index in [1.54, 1.807) is 30.3 Å². The number of hydrogen-bond donors (Lipinski definition) is 3. The zero-order chi connectivity index (χ0) is 19.6. The zero-order valence-electron chi connectivity index (χ0n) is 16.0. The monoisotopic (exact) mass is 382 g/mol. The maximum Gasteiger partial charge on any atom is 0.242 e. The number of rotatable bonds is 8. The number of sulfone groups is 1. The van der Waals surface area contributed by atoms with Crippen LogP contribution in [0.4, 0.5) is 0 Å². The normalized spacial score (nSPS) is 12.5. The van der Waals surface area contributed by atoms with Crippen molar-refractivity contribution in [2.75, 3.05) is 25.4 Å². The summed E-state index contributed by atoms with van der Waals surface area (Å²) in [6.45, 7) is 8.75. The minimum Gasteiger partial charge on any atom is -0.357 e. The minimum atomic E-state index is -3.28. The molecule has 8 heteroatoms. The molecule has 0 bridgehead atoms. The topological polar surface area (TPSA) is 99.7 Å². The molecular weight excluding hydrogens is 352 g/mol. The second-order valence-corrected chi connectivity index (χ2v) is 9.01. The van der Waals surface area contributed by atoms with E-state index in [0.717, 1.165) is 0 Å². The Morgan fingerprint density at radius 3 is 2.35 bits per heavy atom. The summed E-state index contributed by atoms with van der Waals surface area (Å²) in [5, 5.41) is 8.94. The molecule has 0 saturated heterocycles. The van der Waals surface area contributed by atoms with Crippen molar-refractivity contribution in [3.8, 4) is 0 Å². The Morgan fingerprint density at radius 2 is 1.77 bits per heavy atom. The van der Waals surface area contributed by atoms with Gasteiger partial charge >= 0.3 is 0 Å². The van der Waals surface area contributed by atoms with Gasteiger partial charge in [0.05, 0.1) is 10.6 Å². The number of benzene rings is 1. The van der Waals surface area contributed by atoms with Crippen LogP contribution in [0.2, 0.25) is 0 Å². The van der Waals surface area contributed by atoms with Crippen molar-refractivity contribution in [2.45, 2.75) is 44.6 Å². The molecule has 1 aromatic rings. The number of carbonyl (C=O) groups is 1. The predicted molar refractivity (Wildman–Crippen MR) is 105 cm³/mol. The van der Waals surface area contributed by atoms with Crippen LogP contribution >= 0.6 is 0 Å². The van der Waals surface area contributed by atoms with E-state index in [1.807, 2.05) is 27.7 Å². The highest BCUT2D eigenvalue weighted by atomic mass is 32.2. The zero-order valence-corrected chi connectivity index (χ0v) is 16.8. The van der Waals surface area contributed by atoms with Gasteiger partial charge in [0.1, 0.15) is 6.54 Å². The number of aliphatic imine (C=N–C) groups is 1. The lowest BCUT2D eigenvalue weighted by molar-refractivity contribution is -0.121. The molecule has 3 N–H and O–H groups in total. The summed E-state index contributed by atoms with van der Waals surface area (Å²) in [5.74, 6) is 0.378. The summed E-state index contributed by atoms with van der Waals surface area (Å²) in [5.41, 5.74) is -0.301. The second-order valence-electron chi connectivity index (χ2n) is 6.91. The molecule has 0 saturated carbocycles. The molecule has 0 heterocycles. The first-order chi connectivity index (χ1) is 12.1. The lowest BCUT2D eigenvalue weighted by Crippen LogP contribution is -2.43. The van der Waals surface area contributed by atoms with E-state index in [4.69, 9.17) is 0 Å². The maximum atomic E-state index is 12.2. The standard InChI is InChI=1S/C18H30N4O3S/c1-5-19-17(21-14-16(23)22-18(2,3)4)20-12-9-13-26(24,25)15-10-7-6-8-11-15/h6-8,10-11H,5,9,12-14H2,1-4H3,(H,22,23)(H2,19,20,21). The molecule has 7 nitrogen and oxygen atoms in total. The third-order valence-corrected chi connectivity index (χ3v) is 5.04. The van der Waals surface area contributed by atoms with Crippen molar-refractivity contribution < 1.29 is 13.2 Å². The second kappa shape index (κ2) is 10.2. The largest absolute Gasteiger partial charge is 0.357 e. The van der Waals surface area contributed by atoms with Gasteiger partial charge in [-0.15, -0.1) is 0 Å². The molecular formula is C18H30N4O3S. The molecule has 0 fully saturated rings. The molecule has 0 aliphatic carbocycles. The molecule has 0 unspecified atom stereocenters. The van der Waals surface area contributed by atoms with Gasteiger partial charge in [-0.25, -0.2) is 13.4 Å².